The molecule has 4 nitrogen and oxygen atoms in total. The van der Waals surface area contributed by atoms with Crippen LogP contribution < -0.4 is 4.87 Å². The molecule has 0 saturated heterocycles. The first-order valence-corrected chi connectivity index (χ1v) is 6.91. The van der Waals surface area contributed by atoms with Gasteiger partial charge in [-0.05, 0) is 11.6 Å². The Morgan fingerprint density at radius 2 is 2.28 bits per heavy atom. The largest absolute Gasteiger partial charge is 0.480 e. The third kappa shape index (κ3) is 1.64. The van der Waals surface area contributed by atoms with Crippen LogP contribution in [0.4, 0.5) is 0 Å². The third-order valence-electron chi connectivity index (χ3n) is 2.97. The highest BCUT2D eigenvalue weighted by atomic mass is 79.9. The van der Waals surface area contributed by atoms with E-state index in [-0.39, 0.29) is 11.4 Å². The van der Waals surface area contributed by atoms with Crippen molar-refractivity contribution in [1.82, 2.24) is 4.57 Å². The molecule has 1 aliphatic carbocycles. The van der Waals surface area contributed by atoms with E-state index in [2.05, 4.69) is 15.9 Å². The zero-order valence-corrected chi connectivity index (χ0v) is 11.5. The van der Waals surface area contributed by atoms with Crippen molar-refractivity contribution in [1.29, 1.82) is 0 Å². The Morgan fingerprint density at radius 3 is 3.00 bits per heavy atom. The number of fused-ring (bicyclic) bond motifs is 3. The van der Waals surface area contributed by atoms with E-state index in [1.165, 1.54) is 4.57 Å². The minimum absolute atomic E-state index is 0.201. The van der Waals surface area contributed by atoms with Gasteiger partial charge < -0.3 is 5.11 Å². The standard InChI is InChI=1S/C12H8BrNO3S/c13-8-3-1-2-6-7(8)4-9-11(6)14(5-10(15)16)12(17)18-9/h1-3H,4-5H2,(H,15,16). The number of carboxylic acid groups (broad SMARTS) is 1. The summed E-state index contributed by atoms with van der Waals surface area (Å²) in [5, 5.41) is 8.88. The molecule has 1 heterocycles. The number of halogens is 1. The Morgan fingerprint density at radius 1 is 1.50 bits per heavy atom. The van der Waals surface area contributed by atoms with Gasteiger partial charge in [-0.2, -0.15) is 0 Å². The average molecular weight is 326 g/mol. The van der Waals surface area contributed by atoms with Crippen LogP contribution in [0.1, 0.15) is 10.4 Å². The molecule has 1 aromatic carbocycles. The Labute approximate surface area is 115 Å². The molecule has 1 aliphatic rings. The first-order valence-electron chi connectivity index (χ1n) is 5.30. The molecular formula is C12H8BrNO3S. The number of carboxylic acids is 1. The smallest absolute Gasteiger partial charge is 0.323 e. The Balaban J connectivity index is 2.25. The van der Waals surface area contributed by atoms with E-state index < -0.39 is 5.97 Å². The molecule has 18 heavy (non-hydrogen) atoms. The summed E-state index contributed by atoms with van der Waals surface area (Å²) in [6.07, 6.45) is 0.693. The van der Waals surface area contributed by atoms with Gasteiger partial charge in [0.05, 0.1) is 5.69 Å². The summed E-state index contributed by atoms with van der Waals surface area (Å²) in [6, 6.07) is 5.77. The molecular weight excluding hydrogens is 318 g/mol. The number of carbonyl (C=O) groups is 1. The lowest BCUT2D eigenvalue weighted by atomic mass is 10.1. The van der Waals surface area contributed by atoms with E-state index in [1.54, 1.807) is 0 Å². The van der Waals surface area contributed by atoms with Gasteiger partial charge in [-0.1, -0.05) is 39.4 Å². The van der Waals surface area contributed by atoms with Gasteiger partial charge in [0.15, 0.2) is 0 Å². The SMILES string of the molecule is O=C(O)Cn1c2c(sc1=O)Cc1c(Br)cccc1-2. The number of nitrogens with zero attached hydrogens (tertiary/aromatic N) is 1. The summed E-state index contributed by atoms with van der Waals surface area (Å²) in [5.74, 6) is -0.999. The molecule has 3 rings (SSSR count). The molecule has 92 valence electrons. The van der Waals surface area contributed by atoms with Crippen molar-refractivity contribution in [2.75, 3.05) is 0 Å². The second-order valence-electron chi connectivity index (χ2n) is 4.06. The van der Waals surface area contributed by atoms with E-state index >= 15 is 0 Å². The van der Waals surface area contributed by atoms with Gasteiger partial charge in [-0.15, -0.1) is 0 Å². The summed E-state index contributed by atoms with van der Waals surface area (Å²) < 4.78 is 2.35. The van der Waals surface area contributed by atoms with Crippen LogP contribution in [-0.2, 0) is 17.8 Å². The Hall–Kier alpha value is -1.40. The lowest BCUT2D eigenvalue weighted by molar-refractivity contribution is -0.137. The monoisotopic (exact) mass is 325 g/mol. The fraction of sp³-hybridized carbons (Fsp3) is 0.167. The predicted molar refractivity (Wildman–Crippen MR) is 72.2 cm³/mol. The van der Waals surface area contributed by atoms with Gasteiger partial charge in [0.1, 0.15) is 6.54 Å². The second kappa shape index (κ2) is 4.07. The van der Waals surface area contributed by atoms with Crippen molar-refractivity contribution in [3.63, 3.8) is 0 Å². The van der Waals surface area contributed by atoms with E-state index in [0.717, 1.165) is 37.5 Å². The first-order chi connectivity index (χ1) is 8.58. The number of hydrogen-bond donors (Lipinski definition) is 1. The molecule has 0 radical (unpaired) electrons. The maximum Gasteiger partial charge on any atom is 0.323 e. The molecule has 0 saturated carbocycles. The summed E-state index contributed by atoms with van der Waals surface area (Å²) in [7, 11) is 0. The summed E-state index contributed by atoms with van der Waals surface area (Å²) in [5.41, 5.74) is 2.85. The van der Waals surface area contributed by atoms with Crippen LogP contribution in [0.3, 0.4) is 0 Å². The second-order valence-corrected chi connectivity index (χ2v) is 5.96. The van der Waals surface area contributed by atoms with E-state index in [4.69, 9.17) is 5.11 Å². The zero-order chi connectivity index (χ0) is 12.9. The van der Waals surface area contributed by atoms with Crippen molar-refractivity contribution < 1.29 is 9.90 Å². The fourth-order valence-electron chi connectivity index (χ4n) is 2.27. The van der Waals surface area contributed by atoms with Gasteiger partial charge in [0.25, 0.3) is 0 Å². The Bertz CT molecular complexity index is 717. The van der Waals surface area contributed by atoms with Crippen molar-refractivity contribution in [2.45, 2.75) is 13.0 Å². The molecule has 1 N–H and O–H groups in total. The van der Waals surface area contributed by atoms with Crippen LogP contribution in [-0.4, -0.2) is 15.6 Å². The molecule has 0 spiro atoms. The van der Waals surface area contributed by atoms with Crippen LogP contribution >= 0.6 is 27.3 Å². The molecule has 0 aliphatic heterocycles. The van der Waals surface area contributed by atoms with Crippen LogP contribution in [0.15, 0.2) is 27.5 Å². The molecule has 0 bridgehead atoms. The summed E-state index contributed by atoms with van der Waals surface area (Å²) in [4.78, 5) is 23.4. The topological polar surface area (TPSA) is 59.3 Å². The minimum Gasteiger partial charge on any atom is -0.480 e. The number of aliphatic carboxylic acids is 1. The highest BCUT2D eigenvalue weighted by molar-refractivity contribution is 9.10. The van der Waals surface area contributed by atoms with Crippen LogP contribution in [0.2, 0.25) is 0 Å². The number of aromatic nitrogens is 1. The lowest BCUT2D eigenvalue weighted by Crippen LogP contribution is -2.19. The number of hydrogen-bond acceptors (Lipinski definition) is 3. The first kappa shape index (κ1) is 11.7. The van der Waals surface area contributed by atoms with E-state index in [0.29, 0.717) is 6.42 Å². The summed E-state index contributed by atoms with van der Waals surface area (Å²) in [6.45, 7) is -0.281. The zero-order valence-electron chi connectivity index (χ0n) is 9.14. The van der Waals surface area contributed by atoms with Crippen molar-refractivity contribution in [3.05, 3.63) is 42.8 Å². The van der Waals surface area contributed by atoms with Crippen LogP contribution in [0, 0.1) is 0 Å². The van der Waals surface area contributed by atoms with E-state index in [1.807, 2.05) is 18.2 Å². The van der Waals surface area contributed by atoms with Crippen molar-refractivity contribution >= 4 is 33.2 Å². The quantitative estimate of drug-likeness (QED) is 0.786. The molecule has 0 fully saturated rings. The van der Waals surface area contributed by atoms with E-state index in [9.17, 15) is 9.59 Å². The van der Waals surface area contributed by atoms with Gasteiger partial charge in [0.2, 0.25) is 0 Å². The average Bonchev–Trinajstić information content (AvgIpc) is 2.78. The van der Waals surface area contributed by atoms with Crippen LogP contribution in [0.5, 0.6) is 0 Å². The van der Waals surface area contributed by atoms with Gasteiger partial charge in [-0.25, -0.2) is 0 Å². The highest BCUT2D eigenvalue weighted by Gasteiger charge is 2.27. The fourth-order valence-corrected chi connectivity index (χ4v) is 3.78. The van der Waals surface area contributed by atoms with Gasteiger partial charge in [-0.3, -0.25) is 14.2 Å². The maximum atomic E-state index is 11.8. The molecule has 2 aromatic rings. The van der Waals surface area contributed by atoms with Crippen LogP contribution in [0.25, 0.3) is 11.3 Å². The number of rotatable bonds is 2. The highest BCUT2D eigenvalue weighted by Crippen LogP contribution is 2.41. The van der Waals surface area contributed by atoms with Crippen molar-refractivity contribution in [2.24, 2.45) is 0 Å². The normalized spacial score (nSPS) is 12.3. The maximum absolute atomic E-state index is 11.8. The van der Waals surface area contributed by atoms with Crippen molar-refractivity contribution in [3.8, 4) is 11.3 Å². The third-order valence-corrected chi connectivity index (χ3v) is 4.69. The number of thiazole rings is 1. The minimum atomic E-state index is -0.999. The summed E-state index contributed by atoms with van der Waals surface area (Å²) >= 11 is 4.62. The van der Waals surface area contributed by atoms with Gasteiger partial charge >= 0.3 is 10.8 Å². The molecule has 1 aromatic heterocycles. The molecule has 6 heteroatoms. The van der Waals surface area contributed by atoms with Gasteiger partial charge in [0, 0.05) is 21.3 Å². The number of benzene rings is 1. The molecule has 0 unspecified atom stereocenters. The Kier molecular flexibility index (Phi) is 2.64. The lowest BCUT2D eigenvalue weighted by Gasteiger charge is -2.05. The molecule has 0 amide bonds. The predicted octanol–water partition coefficient (Wildman–Crippen LogP) is 2.33. The molecule has 0 atom stereocenters.